The summed E-state index contributed by atoms with van der Waals surface area (Å²) in [6.45, 7) is 2.99. The van der Waals surface area contributed by atoms with Crippen LogP contribution in [0.2, 0.25) is 5.02 Å². The summed E-state index contributed by atoms with van der Waals surface area (Å²) in [6, 6.07) is 5.22. The summed E-state index contributed by atoms with van der Waals surface area (Å²) in [7, 11) is -3.64. The van der Waals surface area contributed by atoms with E-state index >= 15 is 0 Å². The quantitative estimate of drug-likeness (QED) is 0.777. The second kappa shape index (κ2) is 8.24. The summed E-state index contributed by atoms with van der Waals surface area (Å²) in [6.07, 6.45) is 6.09. The summed E-state index contributed by atoms with van der Waals surface area (Å²) in [5, 5.41) is 3.55. The molecule has 1 aliphatic heterocycles. The largest absolute Gasteiger partial charge is 0.351 e. The molecule has 7 nitrogen and oxygen atoms in total. The Bertz CT molecular complexity index is 914. The van der Waals surface area contributed by atoms with E-state index in [0.29, 0.717) is 16.3 Å². The summed E-state index contributed by atoms with van der Waals surface area (Å²) >= 11 is 6.27. The van der Waals surface area contributed by atoms with Gasteiger partial charge in [-0.05, 0) is 44.4 Å². The number of amides is 2. The van der Waals surface area contributed by atoms with E-state index in [1.165, 1.54) is 4.90 Å². The monoisotopic (exact) mass is 441 g/mol. The lowest BCUT2D eigenvalue weighted by molar-refractivity contribution is -0.133. The molecular formula is C20H28ClN3O4S. The molecule has 29 heavy (non-hydrogen) atoms. The van der Waals surface area contributed by atoms with Gasteiger partial charge in [-0.15, -0.1) is 0 Å². The zero-order chi connectivity index (χ0) is 21.4. The number of anilines is 1. The molecule has 3 rings (SSSR count). The molecule has 2 fully saturated rings. The fourth-order valence-corrected chi connectivity index (χ4v) is 5.20. The Balaban J connectivity index is 2.02. The molecule has 0 bridgehead atoms. The molecule has 1 heterocycles. The molecule has 0 aromatic heterocycles. The van der Waals surface area contributed by atoms with Crippen LogP contribution >= 0.6 is 11.6 Å². The number of hydrogen-bond acceptors (Lipinski definition) is 4. The van der Waals surface area contributed by atoms with Crippen LogP contribution in [0.1, 0.15) is 44.6 Å². The Morgan fingerprint density at radius 1 is 1.24 bits per heavy atom. The summed E-state index contributed by atoms with van der Waals surface area (Å²) < 4.78 is 25.5. The first kappa shape index (κ1) is 22.1. The van der Waals surface area contributed by atoms with Crippen molar-refractivity contribution in [2.45, 2.75) is 57.5 Å². The highest BCUT2D eigenvalue weighted by molar-refractivity contribution is 7.88. The van der Waals surface area contributed by atoms with Crippen molar-refractivity contribution >= 4 is 39.1 Å². The maximum Gasteiger partial charge on any atom is 0.247 e. The molecule has 160 valence electrons. The van der Waals surface area contributed by atoms with E-state index in [0.717, 1.165) is 42.7 Å². The van der Waals surface area contributed by atoms with Crippen molar-refractivity contribution in [2.75, 3.05) is 24.2 Å². The average Bonchev–Trinajstić information content (AvgIpc) is 2.64. The van der Waals surface area contributed by atoms with E-state index in [-0.39, 0.29) is 25.0 Å². The Morgan fingerprint density at radius 2 is 1.90 bits per heavy atom. The van der Waals surface area contributed by atoms with Gasteiger partial charge in [0.15, 0.2) is 0 Å². The fourth-order valence-electron chi connectivity index (χ4n) is 4.20. The van der Waals surface area contributed by atoms with Gasteiger partial charge in [0.25, 0.3) is 0 Å². The first-order valence-corrected chi connectivity index (χ1v) is 12.1. The number of nitrogens with one attached hydrogen (secondary N) is 1. The second-order valence-corrected chi connectivity index (χ2v) is 10.6. The average molecular weight is 442 g/mol. The third-order valence-corrected chi connectivity index (χ3v) is 7.52. The molecule has 1 saturated heterocycles. The van der Waals surface area contributed by atoms with Crippen molar-refractivity contribution in [3.63, 3.8) is 0 Å². The highest BCUT2D eigenvalue weighted by atomic mass is 35.5. The van der Waals surface area contributed by atoms with Gasteiger partial charge in [0.1, 0.15) is 5.54 Å². The van der Waals surface area contributed by atoms with Crippen LogP contribution in [0.3, 0.4) is 0 Å². The molecule has 0 spiro atoms. The maximum atomic E-state index is 13.4. The van der Waals surface area contributed by atoms with Crippen LogP contribution in [0, 0.1) is 6.92 Å². The molecule has 1 aromatic rings. The predicted molar refractivity (Wildman–Crippen MR) is 114 cm³/mol. The lowest BCUT2D eigenvalue weighted by Gasteiger charge is -2.47. The van der Waals surface area contributed by atoms with Crippen LogP contribution in [0.4, 0.5) is 5.69 Å². The SMILES string of the molecule is Cc1c(Cl)cccc1N1C(=O)CN(S(C)(=O)=O)C[C@]1(C)C(=O)NC1CCCCC1. The normalized spacial score (nSPS) is 24.6. The predicted octanol–water partition coefficient (Wildman–Crippen LogP) is 2.46. The zero-order valence-electron chi connectivity index (χ0n) is 17.1. The lowest BCUT2D eigenvalue weighted by atomic mass is 9.91. The van der Waals surface area contributed by atoms with Crippen molar-refractivity contribution in [1.29, 1.82) is 0 Å². The van der Waals surface area contributed by atoms with Crippen LogP contribution in [0.15, 0.2) is 18.2 Å². The molecule has 1 N–H and O–H groups in total. The third-order valence-electron chi connectivity index (χ3n) is 5.92. The molecule has 1 aliphatic carbocycles. The van der Waals surface area contributed by atoms with Gasteiger partial charge >= 0.3 is 0 Å². The molecule has 9 heteroatoms. The van der Waals surface area contributed by atoms with Crippen LogP contribution in [-0.2, 0) is 19.6 Å². The van der Waals surface area contributed by atoms with Gasteiger partial charge in [-0.2, -0.15) is 4.31 Å². The van der Waals surface area contributed by atoms with E-state index in [1.54, 1.807) is 32.0 Å². The number of nitrogens with zero attached hydrogens (tertiary/aromatic N) is 2. The number of sulfonamides is 1. The zero-order valence-corrected chi connectivity index (χ0v) is 18.6. The molecule has 0 radical (unpaired) electrons. The van der Waals surface area contributed by atoms with E-state index in [2.05, 4.69) is 5.32 Å². The third kappa shape index (κ3) is 4.44. The minimum absolute atomic E-state index is 0.0408. The van der Waals surface area contributed by atoms with E-state index in [4.69, 9.17) is 11.6 Å². The van der Waals surface area contributed by atoms with Gasteiger partial charge in [-0.25, -0.2) is 8.42 Å². The number of carbonyl (C=O) groups excluding carboxylic acids is 2. The minimum atomic E-state index is -3.64. The van der Waals surface area contributed by atoms with Gasteiger partial charge in [-0.3, -0.25) is 14.5 Å². The standard InChI is InChI=1S/C20H28ClN3O4S/c1-14-16(21)10-7-11-17(14)24-18(25)12-23(29(3,27)28)13-20(24,2)19(26)22-15-8-5-4-6-9-15/h7,10-11,15H,4-6,8-9,12-13H2,1-3H3,(H,22,26)/t20-/m1/s1. The molecule has 0 unspecified atom stereocenters. The Morgan fingerprint density at radius 3 is 2.52 bits per heavy atom. The van der Waals surface area contributed by atoms with Gasteiger partial charge in [-0.1, -0.05) is 36.9 Å². The number of rotatable bonds is 4. The van der Waals surface area contributed by atoms with Gasteiger partial charge in [0.05, 0.1) is 12.8 Å². The van der Waals surface area contributed by atoms with Crippen molar-refractivity contribution < 1.29 is 18.0 Å². The Hall–Kier alpha value is -1.64. The number of halogens is 1. The summed E-state index contributed by atoms with van der Waals surface area (Å²) in [4.78, 5) is 28.0. The highest BCUT2D eigenvalue weighted by Gasteiger charge is 2.51. The Kier molecular flexibility index (Phi) is 6.27. The number of benzene rings is 1. The van der Waals surface area contributed by atoms with E-state index in [9.17, 15) is 18.0 Å². The smallest absolute Gasteiger partial charge is 0.247 e. The van der Waals surface area contributed by atoms with Crippen LogP contribution < -0.4 is 10.2 Å². The van der Waals surface area contributed by atoms with Crippen LogP contribution in [-0.4, -0.2) is 55.5 Å². The highest BCUT2D eigenvalue weighted by Crippen LogP contribution is 2.35. The Labute approximate surface area is 177 Å². The lowest BCUT2D eigenvalue weighted by Crippen LogP contribution is -2.70. The molecule has 2 amide bonds. The maximum absolute atomic E-state index is 13.4. The topological polar surface area (TPSA) is 86.8 Å². The van der Waals surface area contributed by atoms with E-state index < -0.39 is 21.5 Å². The fraction of sp³-hybridized carbons (Fsp3) is 0.600. The summed E-state index contributed by atoms with van der Waals surface area (Å²) in [5.74, 6) is -0.793. The molecular weight excluding hydrogens is 414 g/mol. The van der Waals surface area contributed by atoms with E-state index in [1.807, 2.05) is 0 Å². The van der Waals surface area contributed by atoms with Crippen molar-refractivity contribution in [1.82, 2.24) is 9.62 Å². The molecule has 1 aromatic carbocycles. The second-order valence-electron chi connectivity index (χ2n) is 8.23. The first-order valence-electron chi connectivity index (χ1n) is 9.88. The van der Waals surface area contributed by atoms with Gasteiger partial charge in [0.2, 0.25) is 21.8 Å². The molecule has 1 atom stereocenters. The van der Waals surface area contributed by atoms with Crippen molar-refractivity contribution in [3.05, 3.63) is 28.8 Å². The van der Waals surface area contributed by atoms with Gasteiger partial charge in [0, 0.05) is 23.3 Å². The summed E-state index contributed by atoms with van der Waals surface area (Å²) in [5.41, 5.74) is -0.186. The van der Waals surface area contributed by atoms with Crippen molar-refractivity contribution in [2.24, 2.45) is 0 Å². The first-order chi connectivity index (χ1) is 13.5. The van der Waals surface area contributed by atoms with Crippen LogP contribution in [0.25, 0.3) is 0 Å². The molecule has 1 saturated carbocycles. The number of hydrogen-bond donors (Lipinski definition) is 1. The van der Waals surface area contributed by atoms with Crippen LogP contribution in [0.5, 0.6) is 0 Å². The van der Waals surface area contributed by atoms with Crippen molar-refractivity contribution in [3.8, 4) is 0 Å². The minimum Gasteiger partial charge on any atom is -0.351 e. The number of carbonyl (C=O) groups is 2. The van der Waals surface area contributed by atoms with Gasteiger partial charge < -0.3 is 5.32 Å². The molecule has 2 aliphatic rings. The number of piperazine rings is 1.